The summed E-state index contributed by atoms with van der Waals surface area (Å²) >= 11 is 0. The average molecular weight is 886 g/mol. The molecular weight excluding hydrogens is 831 g/mol. The van der Waals surface area contributed by atoms with Crippen molar-refractivity contribution in [1.29, 1.82) is 0 Å². The van der Waals surface area contributed by atoms with Gasteiger partial charge in [0, 0.05) is 10.5 Å². The fourth-order valence-electron chi connectivity index (χ4n) is 8.43. The zero-order chi connectivity index (χ0) is 44.8. The molecule has 0 bridgehead atoms. The number of fused-ring (bicyclic) bond motifs is 1. The molecule has 5 aromatic carbocycles. The second kappa shape index (κ2) is 23.1. The lowest BCUT2D eigenvalue weighted by Crippen LogP contribution is -2.69. The van der Waals surface area contributed by atoms with Crippen LogP contribution in [0.4, 0.5) is 0 Å². The zero-order valence-electron chi connectivity index (χ0n) is 36.2. The van der Waals surface area contributed by atoms with Crippen LogP contribution in [0.5, 0.6) is 5.75 Å². The van der Waals surface area contributed by atoms with Crippen LogP contribution in [-0.4, -0.2) is 92.7 Å². The molecule has 1 aliphatic carbocycles. The van der Waals surface area contributed by atoms with Crippen LogP contribution < -0.4 is 4.74 Å². The molecule has 8 rings (SSSR count). The minimum atomic E-state index is -1.35. The van der Waals surface area contributed by atoms with Gasteiger partial charge in [-0.25, -0.2) is 0 Å². The summed E-state index contributed by atoms with van der Waals surface area (Å²) < 4.78 is 66.1. The Bertz CT molecular complexity index is 2240. The Balaban J connectivity index is 1.20. The van der Waals surface area contributed by atoms with Crippen molar-refractivity contribution in [3.05, 3.63) is 197 Å². The van der Waals surface area contributed by atoms with Gasteiger partial charge in [-0.2, -0.15) is 0 Å². The van der Waals surface area contributed by atoms with E-state index in [4.69, 9.17) is 47.4 Å². The highest BCUT2D eigenvalue weighted by molar-refractivity contribution is 5.27. The Labute approximate surface area is 379 Å². The molecule has 2 aliphatic heterocycles. The van der Waals surface area contributed by atoms with Gasteiger partial charge in [0.15, 0.2) is 12.6 Å². The van der Waals surface area contributed by atoms with E-state index in [-0.39, 0.29) is 39.6 Å². The highest BCUT2D eigenvalue weighted by Crippen LogP contribution is 2.40. The number of rotatable bonds is 20. The van der Waals surface area contributed by atoms with Gasteiger partial charge in [0.2, 0.25) is 0 Å². The van der Waals surface area contributed by atoms with Gasteiger partial charge in [0.05, 0.1) is 52.9 Å². The average Bonchev–Trinajstić information content (AvgIpc) is 3.36. The van der Waals surface area contributed by atoms with Crippen LogP contribution in [-0.2, 0) is 69.1 Å². The van der Waals surface area contributed by atoms with Crippen molar-refractivity contribution in [1.82, 2.24) is 0 Å². The number of aliphatic hydroxyl groups is 1. The number of ether oxygens (including phenoxy) is 10. The number of hydrogen-bond acceptors (Lipinski definition) is 12. The van der Waals surface area contributed by atoms with Crippen LogP contribution in [0.1, 0.15) is 34.1 Å². The second-order valence-corrected chi connectivity index (χ2v) is 16.0. The predicted octanol–water partition coefficient (Wildman–Crippen LogP) is 8.19. The number of azide groups is 1. The first-order chi connectivity index (χ1) is 32.0. The van der Waals surface area contributed by atoms with E-state index in [1.165, 1.54) is 0 Å². The summed E-state index contributed by atoms with van der Waals surface area (Å²) in [5.74, 6) is 0.697. The molecule has 12 atom stereocenters. The highest BCUT2D eigenvalue weighted by atomic mass is 16.8. The summed E-state index contributed by atoms with van der Waals surface area (Å²) in [5, 5.41) is 16.1. The van der Waals surface area contributed by atoms with E-state index in [0.717, 1.165) is 27.8 Å². The molecule has 2 saturated heterocycles. The molecule has 3 fully saturated rings. The van der Waals surface area contributed by atoms with Crippen LogP contribution in [0, 0.1) is 0 Å². The lowest BCUT2D eigenvalue weighted by atomic mass is 9.83. The fourth-order valence-corrected chi connectivity index (χ4v) is 8.43. The molecule has 65 heavy (non-hydrogen) atoms. The van der Waals surface area contributed by atoms with Gasteiger partial charge in [0.25, 0.3) is 0 Å². The van der Waals surface area contributed by atoms with Gasteiger partial charge in [0.1, 0.15) is 60.6 Å². The molecule has 14 nitrogen and oxygen atoms in total. The summed E-state index contributed by atoms with van der Waals surface area (Å²) in [5.41, 5.74) is 14.3. The van der Waals surface area contributed by atoms with E-state index in [0.29, 0.717) is 5.75 Å². The molecule has 1 unspecified atom stereocenters. The normalized spacial score (nSPS) is 28.6. The third-order valence-electron chi connectivity index (χ3n) is 11.7. The summed E-state index contributed by atoms with van der Waals surface area (Å²) in [6.45, 7) is 4.85. The lowest BCUT2D eigenvalue weighted by Gasteiger charge is -2.52. The van der Waals surface area contributed by atoms with Crippen LogP contribution >= 0.6 is 0 Å². The summed E-state index contributed by atoms with van der Waals surface area (Å²) in [4.78, 5) is 3.14. The number of benzene rings is 5. The van der Waals surface area contributed by atoms with E-state index in [1.807, 2.05) is 146 Å². The van der Waals surface area contributed by atoms with Crippen molar-refractivity contribution in [3.63, 3.8) is 0 Å². The van der Waals surface area contributed by atoms with Gasteiger partial charge in [-0.05, 0) is 39.9 Å². The maximum absolute atomic E-state index is 12.0. The lowest BCUT2D eigenvalue weighted by molar-refractivity contribution is -0.366. The Morgan fingerprint density at radius 3 is 1.57 bits per heavy atom. The molecular formula is C51H55N3O11. The minimum Gasteiger partial charge on any atom is -0.497 e. The molecule has 0 aromatic heterocycles. The Morgan fingerprint density at radius 1 is 0.631 bits per heavy atom. The van der Waals surface area contributed by atoms with Crippen LogP contribution in [0.2, 0.25) is 0 Å². The molecule has 0 spiro atoms. The summed E-state index contributed by atoms with van der Waals surface area (Å²) in [7, 11) is 1.61. The first-order valence-corrected chi connectivity index (χ1v) is 21.8. The maximum Gasteiger partial charge on any atom is 0.184 e. The van der Waals surface area contributed by atoms with E-state index < -0.39 is 73.6 Å². The van der Waals surface area contributed by atoms with E-state index in [9.17, 15) is 10.6 Å². The van der Waals surface area contributed by atoms with E-state index in [1.54, 1.807) is 13.2 Å². The molecule has 2 heterocycles. The first kappa shape index (κ1) is 46.1. The van der Waals surface area contributed by atoms with Crippen molar-refractivity contribution in [2.24, 2.45) is 5.11 Å². The fraction of sp³-hybridized carbons (Fsp3) is 0.373. The van der Waals surface area contributed by atoms with Crippen molar-refractivity contribution in [2.45, 2.75) is 100.0 Å². The molecule has 1 saturated carbocycles. The topological polar surface area (TPSA) is 161 Å². The standard InChI is InChI=1S/C51H55N3O11/c1-3-28-57-44-45(58-29-34-16-8-4-9-17-34)46(59-30-35-18-10-5-11-19-35)48(60-31-36-20-12-6-13-21-36)49(47(44)61-32-37-24-26-39(56-2)27-25-37)65-51-41(53-54-52)42(55)43-40(63-51)33-62-50(64-43)38-22-14-7-15-23-38/h3-27,40-51,55H,1,28-33H2,2H3/t40-,41-,42-,43-,44+,45-,46+,47+,48-,49-,50?,51-/m1/s1. The van der Waals surface area contributed by atoms with Gasteiger partial charge < -0.3 is 52.5 Å². The van der Waals surface area contributed by atoms with E-state index in [2.05, 4.69) is 16.6 Å². The van der Waals surface area contributed by atoms with Crippen molar-refractivity contribution in [2.75, 3.05) is 20.3 Å². The first-order valence-electron chi connectivity index (χ1n) is 21.8. The van der Waals surface area contributed by atoms with Gasteiger partial charge >= 0.3 is 0 Å². The third kappa shape index (κ3) is 11.7. The van der Waals surface area contributed by atoms with Crippen molar-refractivity contribution < 1.29 is 52.5 Å². The van der Waals surface area contributed by atoms with Gasteiger partial charge in [-0.3, -0.25) is 0 Å². The third-order valence-corrected chi connectivity index (χ3v) is 11.7. The quantitative estimate of drug-likeness (QED) is 0.0347. The molecule has 3 aliphatic rings. The van der Waals surface area contributed by atoms with E-state index >= 15 is 0 Å². The van der Waals surface area contributed by atoms with Crippen LogP contribution in [0.15, 0.2) is 163 Å². The zero-order valence-corrected chi connectivity index (χ0v) is 36.2. The summed E-state index contributed by atoms with van der Waals surface area (Å²) in [6.07, 6.45) is -8.96. The number of nitrogens with zero attached hydrogens (tertiary/aromatic N) is 3. The number of hydrogen-bond donors (Lipinski definition) is 1. The molecule has 1 N–H and O–H groups in total. The van der Waals surface area contributed by atoms with Gasteiger partial charge in [-0.1, -0.05) is 145 Å². The van der Waals surface area contributed by atoms with Crippen LogP contribution in [0.3, 0.4) is 0 Å². The summed E-state index contributed by atoms with van der Waals surface area (Å²) in [6, 6.07) is 45.1. The number of aliphatic hydroxyl groups excluding tert-OH is 1. The smallest absolute Gasteiger partial charge is 0.184 e. The Hall–Kier alpha value is -5.45. The molecule has 5 aromatic rings. The molecule has 14 heteroatoms. The second-order valence-electron chi connectivity index (χ2n) is 16.0. The largest absolute Gasteiger partial charge is 0.497 e. The highest BCUT2D eigenvalue weighted by Gasteiger charge is 2.58. The van der Waals surface area contributed by atoms with Gasteiger partial charge in [-0.15, -0.1) is 6.58 Å². The van der Waals surface area contributed by atoms with Crippen molar-refractivity contribution >= 4 is 0 Å². The minimum absolute atomic E-state index is 0.0589. The van der Waals surface area contributed by atoms with Crippen LogP contribution in [0.25, 0.3) is 10.4 Å². The molecule has 0 radical (unpaired) electrons. The molecule has 0 amide bonds. The predicted molar refractivity (Wildman–Crippen MR) is 239 cm³/mol. The maximum atomic E-state index is 12.0. The Kier molecular flexibility index (Phi) is 16.4. The van der Waals surface area contributed by atoms with Crippen molar-refractivity contribution in [3.8, 4) is 5.75 Å². The SMILES string of the molecule is C=CCO[C@H]1[C@@H](OCc2ccccc2)[C@H](OCc2ccccc2)[C@@H](OCc2ccccc2)[C@H](O[C@H]2O[C@@H]3COC(c4ccccc4)O[C@H]3[C@H](O)[C@H]2N=[N+]=[N-])[C@H]1OCc1ccc(OC)cc1. The molecule has 340 valence electrons. The number of methoxy groups -OCH3 is 1. The monoisotopic (exact) mass is 885 g/mol. The Morgan fingerprint density at radius 2 is 1.09 bits per heavy atom.